The lowest BCUT2D eigenvalue weighted by Crippen LogP contribution is -2.45. The van der Waals surface area contributed by atoms with Crippen LogP contribution < -0.4 is 0 Å². The van der Waals surface area contributed by atoms with Crippen molar-refractivity contribution in [3.8, 4) is 0 Å². The van der Waals surface area contributed by atoms with Crippen LogP contribution in [-0.2, 0) is 6.61 Å². The van der Waals surface area contributed by atoms with Gasteiger partial charge in [0.25, 0.3) is 5.91 Å². The molecule has 2 aliphatic heterocycles. The Bertz CT molecular complexity index is 532. The third-order valence-corrected chi connectivity index (χ3v) is 5.58. The third kappa shape index (κ3) is 3.75. The van der Waals surface area contributed by atoms with Crippen LogP contribution in [0.25, 0.3) is 0 Å². The molecule has 1 N–H and O–H groups in total. The molecule has 0 radical (unpaired) electrons. The summed E-state index contributed by atoms with van der Waals surface area (Å²) in [5.41, 5.74) is 1.50. The van der Waals surface area contributed by atoms with Gasteiger partial charge in [-0.2, -0.15) is 0 Å². The van der Waals surface area contributed by atoms with E-state index in [1.165, 1.54) is 25.9 Å². The first-order valence-electron chi connectivity index (χ1n) is 8.92. The third-order valence-electron chi connectivity index (χ3n) is 5.58. The van der Waals surface area contributed by atoms with Crippen molar-refractivity contribution in [3.05, 3.63) is 35.4 Å². The molecule has 1 aromatic carbocycles. The van der Waals surface area contributed by atoms with E-state index in [2.05, 4.69) is 11.8 Å². The number of hydrogen-bond acceptors (Lipinski definition) is 3. The molecule has 0 saturated carbocycles. The topological polar surface area (TPSA) is 43.8 Å². The van der Waals surface area contributed by atoms with Crippen LogP contribution in [0.4, 0.5) is 0 Å². The van der Waals surface area contributed by atoms with Gasteiger partial charge in [-0.3, -0.25) is 4.79 Å². The molecule has 3 rings (SSSR count). The Morgan fingerprint density at radius 3 is 2.57 bits per heavy atom. The number of carbonyl (C=O) groups is 1. The van der Waals surface area contributed by atoms with Gasteiger partial charge in [0.2, 0.25) is 0 Å². The summed E-state index contributed by atoms with van der Waals surface area (Å²) in [6.07, 6.45) is 4.87. The maximum Gasteiger partial charge on any atom is 0.253 e. The van der Waals surface area contributed by atoms with E-state index in [0.29, 0.717) is 17.5 Å². The first-order chi connectivity index (χ1) is 11.2. The predicted molar refractivity (Wildman–Crippen MR) is 91.3 cm³/mol. The molecule has 2 fully saturated rings. The lowest BCUT2D eigenvalue weighted by Gasteiger charge is -2.38. The van der Waals surface area contributed by atoms with Crippen LogP contribution in [0.2, 0.25) is 0 Å². The van der Waals surface area contributed by atoms with Crippen LogP contribution >= 0.6 is 0 Å². The highest BCUT2D eigenvalue weighted by molar-refractivity contribution is 5.94. The molecule has 0 aliphatic carbocycles. The van der Waals surface area contributed by atoms with Crippen molar-refractivity contribution >= 4 is 5.91 Å². The van der Waals surface area contributed by atoms with E-state index in [9.17, 15) is 9.90 Å². The molecule has 4 nitrogen and oxygen atoms in total. The minimum atomic E-state index is -0.0173. The van der Waals surface area contributed by atoms with Crippen LogP contribution in [0.15, 0.2) is 24.3 Å². The monoisotopic (exact) mass is 316 g/mol. The maximum atomic E-state index is 12.6. The van der Waals surface area contributed by atoms with Gasteiger partial charge in [0.15, 0.2) is 0 Å². The van der Waals surface area contributed by atoms with Crippen LogP contribution in [-0.4, -0.2) is 53.0 Å². The second-order valence-corrected chi connectivity index (χ2v) is 6.97. The Labute approximate surface area is 139 Å². The molecule has 0 unspecified atom stereocenters. The molecule has 4 heteroatoms. The van der Waals surface area contributed by atoms with Crippen molar-refractivity contribution in [3.63, 3.8) is 0 Å². The summed E-state index contributed by atoms with van der Waals surface area (Å²) < 4.78 is 0. The van der Waals surface area contributed by atoms with E-state index >= 15 is 0 Å². The molecule has 0 bridgehead atoms. The van der Waals surface area contributed by atoms with Crippen LogP contribution in [0.5, 0.6) is 0 Å². The fourth-order valence-corrected chi connectivity index (χ4v) is 4.02. The predicted octanol–water partition coefficient (Wildman–Crippen LogP) is 2.52. The number of likely N-dealkylation sites (tertiary alicyclic amines) is 2. The number of aliphatic hydroxyl groups excluding tert-OH is 1. The van der Waals surface area contributed by atoms with Crippen molar-refractivity contribution in [2.24, 2.45) is 5.92 Å². The molecule has 126 valence electrons. The van der Waals surface area contributed by atoms with Gasteiger partial charge in [0.05, 0.1) is 6.61 Å². The van der Waals surface area contributed by atoms with Crippen molar-refractivity contribution in [2.75, 3.05) is 26.2 Å². The number of carbonyl (C=O) groups excluding carboxylic acids is 1. The highest BCUT2D eigenvalue weighted by Crippen LogP contribution is 2.27. The second-order valence-electron chi connectivity index (χ2n) is 6.97. The first kappa shape index (κ1) is 16.5. The SMILES string of the molecule is C[C@H](C1CCN(C(=O)c2cccc(CO)c2)CC1)N1CCCC1. The largest absolute Gasteiger partial charge is 0.392 e. The highest BCUT2D eigenvalue weighted by atomic mass is 16.3. The zero-order chi connectivity index (χ0) is 16.2. The molecule has 0 spiro atoms. The summed E-state index contributed by atoms with van der Waals surface area (Å²) in [5.74, 6) is 0.813. The van der Waals surface area contributed by atoms with Gasteiger partial charge in [0, 0.05) is 24.7 Å². The van der Waals surface area contributed by atoms with E-state index in [1.54, 1.807) is 6.07 Å². The second kappa shape index (κ2) is 7.45. The van der Waals surface area contributed by atoms with Gasteiger partial charge in [-0.05, 0) is 69.3 Å². The lowest BCUT2D eigenvalue weighted by molar-refractivity contribution is 0.0624. The van der Waals surface area contributed by atoms with E-state index in [-0.39, 0.29) is 12.5 Å². The summed E-state index contributed by atoms with van der Waals surface area (Å²) in [6, 6.07) is 8.00. The minimum Gasteiger partial charge on any atom is -0.392 e. The molecule has 23 heavy (non-hydrogen) atoms. The van der Waals surface area contributed by atoms with Gasteiger partial charge >= 0.3 is 0 Å². The summed E-state index contributed by atoms with van der Waals surface area (Å²) in [6.45, 7) is 6.54. The molecular formula is C19H28N2O2. The number of nitrogens with zero attached hydrogens (tertiary/aromatic N) is 2. The fourth-order valence-electron chi connectivity index (χ4n) is 4.02. The number of benzene rings is 1. The smallest absolute Gasteiger partial charge is 0.253 e. The van der Waals surface area contributed by atoms with Crippen molar-refractivity contribution in [2.45, 2.75) is 45.3 Å². The molecule has 1 atom stereocenters. The van der Waals surface area contributed by atoms with E-state index in [0.717, 1.165) is 31.5 Å². The molecular weight excluding hydrogens is 288 g/mol. The lowest BCUT2D eigenvalue weighted by atomic mass is 9.89. The van der Waals surface area contributed by atoms with Crippen LogP contribution in [0.1, 0.15) is 48.5 Å². The van der Waals surface area contributed by atoms with Gasteiger partial charge in [-0.15, -0.1) is 0 Å². The normalized spacial score (nSPS) is 21.6. The average molecular weight is 316 g/mol. The Morgan fingerprint density at radius 1 is 1.22 bits per heavy atom. The summed E-state index contributed by atoms with van der Waals surface area (Å²) >= 11 is 0. The first-order valence-corrected chi connectivity index (χ1v) is 8.92. The molecule has 2 saturated heterocycles. The van der Waals surface area contributed by atoms with Crippen molar-refractivity contribution < 1.29 is 9.90 Å². The standard InChI is InChI=1S/C19H28N2O2/c1-15(20-9-2-3-10-20)17-7-11-21(12-8-17)19(23)18-6-4-5-16(13-18)14-22/h4-6,13,15,17,22H,2-3,7-12,14H2,1H3/t15-/m1/s1. The average Bonchev–Trinajstić information content (AvgIpc) is 3.15. The summed E-state index contributed by atoms with van der Waals surface area (Å²) in [5, 5.41) is 9.22. The molecule has 0 aromatic heterocycles. The Morgan fingerprint density at radius 2 is 1.91 bits per heavy atom. The van der Waals surface area contributed by atoms with Gasteiger partial charge in [-0.25, -0.2) is 0 Å². The van der Waals surface area contributed by atoms with E-state index in [1.807, 2.05) is 23.1 Å². The minimum absolute atomic E-state index is 0.0173. The fraction of sp³-hybridized carbons (Fsp3) is 0.632. The Balaban J connectivity index is 1.56. The number of amides is 1. The maximum absolute atomic E-state index is 12.6. The molecule has 2 aliphatic rings. The zero-order valence-electron chi connectivity index (χ0n) is 14.1. The van der Waals surface area contributed by atoms with Crippen molar-refractivity contribution in [1.82, 2.24) is 9.80 Å². The van der Waals surface area contributed by atoms with E-state index in [4.69, 9.17) is 0 Å². The van der Waals surface area contributed by atoms with Gasteiger partial charge in [-0.1, -0.05) is 12.1 Å². The Hall–Kier alpha value is -1.39. The molecule has 2 heterocycles. The van der Waals surface area contributed by atoms with Crippen LogP contribution in [0.3, 0.4) is 0 Å². The molecule has 1 amide bonds. The van der Waals surface area contributed by atoms with E-state index < -0.39 is 0 Å². The number of piperidine rings is 1. The number of hydrogen-bond donors (Lipinski definition) is 1. The molecule has 1 aromatic rings. The highest BCUT2D eigenvalue weighted by Gasteiger charge is 2.30. The zero-order valence-corrected chi connectivity index (χ0v) is 14.1. The van der Waals surface area contributed by atoms with Crippen LogP contribution in [0, 0.1) is 5.92 Å². The summed E-state index contributed by atoms with van der Waals surface area (Å²) in [4.78, 5) is 17.2. The summed E-state index contributed by atoms with van der Waals surface area (Å²) in [7, 11) is 0. The van der Waals surface area contributed by atoms with Crippen molar-refractivity contribution in [1.29, 1.82) is 0 Å². The number of rotatable bonds is 4. The van der Waals surface area contributed by atoms with Gasteiger partial charge < -0.3 is 14.9 Å². The quantitative estimate of drug-likeness (QED) is 0.928. The Kier molecular flexibility index (Phi) is 5.34. The van der Waals surface area contributed by atoms with Gasteiger partial charge in [0.1, 0.15) is 0 Å². The number of aliphatic hydroxyl groups is 1.